The average molecular weight is 1670 g/mol. The van der Waals surface area contributed by atoms with E-state index in [0.29, 0.717) is 64.7 Å². The van der Waals surface area contributed by atoms with Crippen LogP contribution in [-0.2, 0) is 47.3 Å². The highest BCUT2D eigenvalue weighted by molar-refractivity contribution is 7.16. The van der Waals surface area contributed by atoms with E-state index < -0.39 is 46.7 Å². The normalized spacial score (nSPS) is 13.4. The molecule has 610 valence electrons. The van der Waals surface area contributed by atoms with Gasteiger partial charge in [0.2, 0.25) is 23.8 Å². The molecular weight excluding hydrogens is 1590 g/mol. The number of anilines is 8. The van der Waals surface area contributed by atoms with Gasteiger partial charge in [-0.3, -0.25) is 9.80 Å². The highest BCUT2D eigenvalue weighted by Gasteiger charge is 2.37. The van der Waals surface area contributed by atoms with Crippen molar-refractivity contribution in [3.8, 4) is 48.6 Å². The van der Waals surface area contributed by atoms with Gasteiger partial charge in [0.05, 0.1) is 65.9 Å². The van der Waals surface area contributed by atoms with Crippen molar-refractivity contribution in [3.05, 3.63) is 210 Å². The van der Waals surface area contributed by atoms with E-state index >= 15 is 0 Å². The van der Waals surface area contributed by atoms with Gasteiger partial charge < -0.3 is 40.7 Å². The van der Waals surface area contributed by atoms with Gasteiger partial charge in [-0.1, -0.05) is 24.8 Å². The number of alkyl halides is 9. The number of phenols is 1. The first-order valence-corrected chi connectivity index (χ1v) is 40.0. The molecular formula is C81H86F9N19O3S4. The lowest BCUT2D eigenvalue weighted by Gasteiger charge is -2.26. The molecule has 14 rings (SSSR count). The standard InChI is InChI=1S/C22H21F6N5OS.C22H27N5OS.C20H25N5S.C17H13F3N4OS/c1-13-18(3-5-33-6-8-34-9-7-33)35-19(30-13)17-2-4-29-20(32-17)31-16-11-14(21(23,24)25)10-15(12-16)22(26,27)28;1-15-12-16(2)14-18(13-15)25-22-23-6-4-19(26-22)21-24-17(3)20(29-21)5-7-27-8-10-28-11-9-27;1-13-10-14(2)12-16(11-13)23-20-21-8-6-17(24-20)19-22-15(3)18(26-19)7-9-25(4)5;1-3-14-9(2)22-15(26-14)13-4-5-21-16(24-13)23-11-6-10(17(18,19)20)7-12(25)8-11/h2,4,10-12H,3,5-9H2,1H3,(H,29,31,32);4,6,12-14H,5,7-11H2,1-3H3,(H,23,25,26);6,8,10-12H,7,9H2,1-5H3,(H,21,23,24);3-8,25H,1H2,2H3,(H,21,23,24). The van der Waals surface area contributed by atoms with Gasteiger partial charge in [0, 0.05) is 119 Å². The molecule has 35 heteroatoms. The summed E-state index contributed by atoms with van der Waals surface area (Å²) in [6, 6.07) is 23.7. The number of aromatic nitrogens is 12. The minimum Gasteiger partial charge on any atom is -0.508 e. The van der Waals surface area contributed by atoms with Crippen LogP contribution < -0.4 is 21.3 Å². The van der Waals surface area contributed by atoms with E-state index in [9.17, 15) is 44.6 Å². The number of aryl methyl sites for hydroxylation is 8. The summed E-state index contributed by atoms with van der Waals surface area (Å²) in [5, 5.41) is 24.4. The Morgan fingerprint density at radius 2 is 0.724 bits per heavy atom. The first-order chi connectivity index (χ1) is 55.2. The number of ether oxygens (including phenoxy) is 2. The smallest absolute Gasteiger partial charge is 0.416 e. The highest BCUT2D eigenvalue weighted by atomic mass is 32.1. The van der Waals surface area contributed by atoms with Gasteiger partial charge in [-0.25, -0.2) is 59.8 Å². The van der Waals surface area contributed by atoms with E-state index in [-0.39, 0.29) is 23.7 Å². The molecule has 4 aromatic carbocycles. The van der Waals surface area contributed by atoms with Crippen molar-refractivity contribution in [1.29, 1.82) is 0 Å². The lowest BCUT2D eigenvalue weighted by Crippen LogP contribution is -2.37. The van der Waals surface area contributed by atoms with Gasteiger partial charge in [0.25, 0.3) is 0 Å². The molecule has 0 amide bonds. The molecule has 0 aliphatic carbocycles. The zero-order valence-electron chi connectivity index (χ0n) is 65.2. The van der Waals surface area contributed by atoms with Crippen molar-refractivity contribution in [2.75, 3.05) is 108 Å². The fraction of sp³-hybridized carbons (Fsp3) is 0.333. The Kier molecular flexibility index (Phi) is 29.1. The second-order valence-electron chi connectivity index (χ2n) is 27.6. The minimum absolute atomic E-state index is 0.0246. The van der Waals surface area contributed by atoms with Gasteiger partial charge in [-0.05, 0) is 190 Å². The maximum absolute atomic E-state index is 13.1. The van der Waals surface area contributed by atoms with Crippen molar-refractivity contribution in [2.45, 2.75) is 93.2 Å². The quantitative estimate of drug-likeness (QED) is 0.0396. The summed E-state index contributed by atoms with van der Waals surface area (Å²) < 4.78 is 128. The SMILES string of the molecule is C=Cc1sc(-c2ccnc(Nc3cc(O)cc(C(F)(F)F)c3)n2)nc1C.Cc1cc(C)cc(Nc2nccc(-c3nc(C)c(CCN(C)C)s3)n2)c1.Cc1cc(C)cc(Nc2nccc(-c3nc(C)c(CCN4CCOCC4)s3)n2)c1.Cc1nc(-c2ccnc(Nc3cc(C(F)(F)F)cc(C(F)(F)F)c3)n2)sc1CCN1CCOCC1. The molecule has 2 saturated heterocycles. The molecule has 0 radical (unpaired) electrons. The number of halogens is 9. The molecule has 5 N–H and O–H groups in total. The Morgan fingerprint density at radius 3 is 1.05 bits per heavy atom. The molecule has 0 unspecified atom stereocenters. The Bertz CT molecular complexity index is 5260. The van der Waals surface area contributed by atoms with Crippen LogP contribution in [0.2, 0.25) is 0 Å². The maximum Gasteiger partial charge on any atom is 0.416 e. The van der Waals surface area contributed by atoms with E-state index in [1.807, 2.05) is 26.0 Å². The van der Waals surface area contributed by atoms with Crippen LogP contribution in [0.1, 0.15) is 81.2 Å². The van der Waals surface area contributed by atoms with E-state index in [1.54, 1.807) is 53.3 Å². The van der Waals surface area contributed by atoms with Crippen LogP contribution in [0.25, 0.3) is 48.9 Å². The van der Waals surface area contributed by atoms with E-state index in [0.717, 1.165) is 156 Å². The zero-order valence-corrected chi connectivity index (χ0v) is 68.5. The third-order valence-corrected chi connectivity index (χ3v) is 22.7. The monoisotopic (exact) mass is 1670 g/mol. The number of nitrogens with zero attached hydrogens (tertiary/aromatic N) is 15. The third kappa shape index (κ3) is 25.1. The lowest BCUT2D eigenvalue weighted by atomic mass is 10.1. The summed E-state index contributed by atoms with van der Waals surface area (Å²) in [4.78, 5) is 64.6. The molecule has 2 aliphatic heterocycles. The maximum atomic E-state index is 13.1. The second-order valence-corrected chi connectivity index (χ2v) is 31.9. The fourth-order valence-electron chi connectivity index (χ4n) is 12.1. The summed E-state index contributed by atoms with van der Waals surface area (Å²) >= 11 is 6.30. The number of morpholine rings is 2. The van der Waals surface area contributed by atoms with Crippen molar-refractivity contribution in [2.24, 2.45) is 0 Å². The lowest BCUT2D eigenvalue weighted by molar-refractivity contribution is -0.143. The molecule has 0 spiro atoms. The van der Waals surface area contributed by atoms with Crippen LogP contribution in [0.5, 0.6) is 5.75 Å². The number of phenolic OH excluding ortho intramolecular Hbond substituents is 1. The predicted octanol–water partition coefficient (Wildman–Crippen LogP) is 19.1. The van der Waals surface area contributed by atoms with E-state index in [1.165, 1.54) is 67.1 Å². The van der Waals surface area contributed by atoms with Crippen molar-refractivity contribution >= 4 is 98.0 Å². The summed E-state index contributed by atoms with van der Waals surface area (Å²) in [5.41, 5.74) is 9.14. The third-order valence-electron chi connectivity index (χ3n) is 17.8. The fourth-order valence-corrected chi connectivity index (χ4v) is 16.1. The number of rotatable bonds is 22. The largest absolute Gasteiger partial charge is 0.508 e. The number of nitrogens with one attached hydrogen (secondary N) is 4. The van der Waals surface area contributed by atoms with Crippen molar-refractivity contribution in [1.82, 2.24) is 74.5 Å². The molecule has 12 aromatic rings. The summed E-state index contributed by atoms with van der Waals surface area (Å²) in [6.45, 7) is 29.8. The summed E-state index contributed by atoms with van der Waals surface area (Å²) in [6.07, 6.45) is -3.54. The molecule has 116 heavy (non-hydrogen) atoms. The first kappa shape index (κ1) is 86.5. The van der Waals surface area contributed by atoms with Gasteiger partial charge in [-0.15, -0.1) is 45.3 Å². The van der Waals surface area contributed by atoms with E-state index in [4.69, 9.17) is 24.4 Å². The van der Waals surface area contributed by atoms with Crippen molar-refractivity contribution < 1.29 is 54.1 Å². The molecule has 10 heterocycles. The number of benzene rings is 4. The van der Waals surface area contributed by atoms with E-state index in [2.05, 4.69) is 179 Å². The van der Waals surface area contributed by atoms with Gasteiger partial charge in [0.15, 0.2) is 0 Å². The Hall–Kier alpha value is -10.4. The minimum atomic E-state index is -4.95. The summed E-state index contributed by atoms with van der Waals surface area (Å²) in [7, 11) is 4.18. The zero-order chi connectivity index (χ0) is 83.0. The molecule has 0 atom stereocenters. The number of aromatic hydroxyl groups is 1. The Morgan fingerprint density at radius 1 is 0.414 bits per heavy atom. The molecule has 2 aliphatic rings. The van der Waals surface area contributed by atoms with Crippen LogP contribution in [0, 0.1) is 55.4 Å². The molecule has 8 aromatic heterocycles. The molecule has 2 fully saturated rings. The number of hydrogen-bond donors (Lipinski definition) is 5. The molecule has 0 bridgehead atoms. The summed E-state index contributed by atoms with van der Waals surface area (Å²) in [5.74, 6) is 0.627. The highest BCUT2D eigenvalue weighted by Crippen LogP contribution is 2.40. The van der Waals surface area contributed by atoms with Crippen LogP contribution in [-0.4, -0.2) is 166 Å². The molecule has 0 saturated carbocycles. The number of thiazole rings is 4. The first-order valence-electron chi connectivity index (χ1n) is 36.7. The Balaban J connectivity index is 0.000000153. The second kappa shape index (κ2) is 39.1. The predicted molar refractivity (Wildman–Crippen MR) is 440 cm³/mol. The van der Waals surface area contributed by atoms with Crippen LogP contribution in [0.4, 0.5) is 86.1 Å². The van der Waals surface area contributed by atoms with Crippen molar-refractivity contribution in [3.63, 3.8) is 0 Å². The average Bonchev–Trinajstić information content (AvgIpc) is 1.34. The van der Waals surface area contributed by atoms with Gasteiger partial charge in [-0.2, -0.15) is 39.5 Å². The van der Waals surface area contributed by atoms with Gasteiger partial charge >= 0.3 is 18.5 Å². The molecule has 22 nitrogen and oxygen atoms in total. The Labute approximate surface area is 681 Å². The topological polar surface area (TPSA) is 251 Å². The van der Waals surface area contributed by atoms with Crippen LogP contribution >= 0.6 is 45.3 Å². The van der Waals surface area contributed by atoms with Gasteiger partial charge in [0.1, 0.15) is 48.6 Å². The van der Waals surface area contributed by atoms with Crippen LogP contribution in [0.3, 0.4) is 0 Å². The number of hydrogen-bond acceptors (Lipinski definition) is 26. The van der Waals surface area contributed by atoms with Crippen LogP contribution in [0.15, 0.2) is 128 Å². The number of likely N-dealkylation sites (N-methyl/N-ethyl adjacent to an activating group) is 1.